The fourth-order valence-electron chi connectivity index (χ4n) is 7.86. The standard InChI is InChI=1S/C42H24BNO3/c1-4-14-34-28(9-1)29-10-2-5-15-35(29)44(34)26-20-22-37-33(24-26)43-42-31(13-8-18-39(42)46-37)30-21-19-25(23-40(30)47-43)27-12-7-17-38-41(27)32-11-3-6-16-36(32)45-38/h1-24H. The summed E-state index contributed by atoms with van der Waals surface area (Å²) in [6.45, 7) is -0.314. The lowest BCUT2D eigenvalue weighted by Crippen LogP contribution is -2.53. The van der Waals surface area contributed by atoms with Crippen molar-refractivity contribution >= 4 is 61.6 Å². The van der Waals surface area contributed by atoms with E-state index in [-0.39, 0.29) is 6.92 Å². The van der Waals surface area contributed by atoms with Crippen LogP contribution in [0.5, 0.6) is 17.2 Å². The van der Waals surface area contributed by atoms with Crippen LogP contribution in [0, 0.1) is 0 Å². The number of hydrogen-bond donors (Lipinski definition) is 0. The Morgan fingerprint density at radius 3 is 2.06 bits per heavy atom. The van der Waals surface area contributed by atoms with Gasteiger partial charge in [0.05, 0.1) is 11.0 Å². The van der Waals surface area contributed by atoms with E-state index < -0.39 is 0 Å². The van der Waals surface area contributed by atoms with Crippen molar-refractivity contribution in [1.82, 2.24) is 4.57 Å². The van der Waals surface area contributed by atoms with Crippen LogP contribution in [-0.4, -0.2) is 11.5 Å². The summed E-state index contributed by atoms with van der Waals surface area (Å²) in [4.78, 5) is 0. The molecule has 2 aliphatic rings. The zero-order valence-electron chi connectivity index (χ0n) is 25.1. The third-order valence-electron chi connectivity index (χ3n) is 9.89. The highest BCUT2D eigenvalue weighted by Crippen LogP contribution is 2.43. The number of nitrogens with zero attached hydrogens (tertiary/aromatic N) is 1. The average Bonchev–Trinajstić information content (AvgIpc) is 3.67. The number of aromatic nitrogens is 1. The summed E-state index contributed by atoms with van der Waals surface area (Å²) in [5, 5.41) is 4.71. The quantitative estimate of drug-likeness (QED) is 0.185. The van der Waals surface area contributed by atoms with Crippen LogP contribution in [0.4, 0.5) is 0 Å². The lowest BCUT2D eigenvalue weighted by Gasteiger charge is -2.33. The van der Waals surface area contributed by atoms with Crippen LogP contribution in [0.15, 0.2) is 150 Å². The Bertz CT molecular complexity index is 2720. The summed E-state index contributed by atoms with van der Waals surface area (Å²) in [7, 11) is 0. The third-order valence-corrected chi connectivity index (χ3v) is 9.89. The fourth-order valence-corrected chi connectivity index (χ4v) is 7.86. The van der Waals surface area contributed by atoms with Gasteiger partial charge in [-0.2, -0.15) is 0 Å². The largest absolute Gasteiger partial charge is 0.551 e. The van der Waals surface area contributed by atoms with Gasteiger partial charge in [0.25, 0.3) is 0 Å². The molecule has 0 aliphatic carbocycles. The molecule has 4 nitrogen and oxygen atoms in total. The molecule has 218 valence electrons. The highest BCUT2D eigenvalue weighted by Gasteiger charge is 2.41. The van der Waals surface area contributed by atoms with Gasteiger partial charge < -0.3 is 18.4 Å². The Morgan fingerprint density at radius 1 is 0.489 bits per heavy atom. The van der Waals surface area contributed by atoms with Crippen LogP contribution in [-0.2, 0) is 0 Å². The molecule has 0 fully saturated rings. The number of benzene rings is 7. The molecule has 5 heteroatoms. The first kappa shape index (κ1) is 25.0. The molecule has 4 heterocycles. The van der Waals surface area contributed by atoms with Crippen molar-refractivity contribution in [3.63, 3.8) is 0 Å². The van der Waals surface area contributed by atoms with Crippen molar-refractivity contribution in [3.05, 3.63) is 146 Å². The summed E-state index contributed by atoms with van der Waals surface area (Å²) >= 11 is 0. The zero-order chi connectivity index (χ0) is 30.6. The summed E-state index contributed by atoms with van der Waals surface area (Å²) < 4.78 is 22.2. The molecule has 0 N–H and O–H groups in total. The molecule has 2 aliphatic heterocycles. The van der Waals surface area contributed by atoms with Gasteiger partial charge in [-0.1, -0.05) is 91.0 Å². The molecule has 0 bridgehead atoms. The molecule has 0 saturated heterocycles. The first-order valence-corrected chi connectivity index (χ1v) is 16.0. The molecule has 0 atom stereocenters. The van der Waals surface area contributed by atoms with Crippen molar-refractivity contribution in [2.45, 2.75) is 0 Å². The summed E-state index contributed by atoms with van der Waals surface area (Å²) in [6.07, 6.45) is 0. The second-order valence-electron chi connectivity index (χ2n) is 12.4. The molecule has 0 radical (unpaired) electrons. The molecule has 2 aromatic heterocycles. The van der Waals surface area contributed by atoms with E-state index >= 15 is 0 Å². The van der Waals surface area contributed by atoms with E-state index in [1.807, 2.05) is 24.3 Å². The van der Waals surface area contributed by atoms with Gasteiger partial charge in [0, 0.05) is 43.7 Å². The van der Waals surface area contributed by atoms with Crippen LogP contribution in [0.25, 0.3) is 71.7 Å². The Morgan fingerprint density at radius 2 is 1.21 bits per heavy atom. The smallest absolute Gasteiger partial charge is 0.434 e. The van der Waals surface area contributed by atoms with Gasteiger partial charge in [0.2, 0.25) is 0 Å². The second-order valence-corrected chi connectivity index (χ2v) is 12.4. The number of hydrogen-bond acceptors (Lipinski definition) is 3. The van der Waals surface area contributed by atoms with E-state index in [1.54, 1.807) is 0 Å². The van der Waals surface area contributed by atoms with E-state index in [1.165, 1.54) is 21.8 Å². The van der Waals surface area contributed by atoms with Crippen molar-refractivity contribution in [2.24, 2.45) is 0 Å². The van der Waals surface area contributed by atoms with E-state index in [4.69, 9.17) is 13.8 Å². The van der Waals surface area contributed by atoms with Gasteiger partial charge in [0.15, 0.2) is 0 Å². The molecule has 0 spiro atoms. The summed E-state index contributed by atoms with van der Waals surface area (Å²) in [5.41, 5.74) is 11.7. The number of furan rings is 1. The van der Waals surface area contributed by atoms with Gasteiger partial charge in [0.1, 0.15) is 28.4 Å². The van der Waals surface area contributed by atoms with Crippen LogP contribution in [0.3, 0.4) is 0 Å². The minimum atomic E-state index is -0.314. The van der Waals surface area contributed by atoms with Crippen LogP contribution in [0.2, 0.25) is 0 Å². The van der Waals surface area contributed by atoms with E-state index in [0.29, 0.717) is 0 Å². The van der Waals surface area contributed by atoms with E-state index in [0.717, 1.165) is 78.1 Å². The monoisotopic (exact) mass is 601 g/mol. The normalized spacial score (nSPS) is 13.0. The maximum Gasteiger partial charge on any atom is 0.434 e. The van der Waals surface area contributed by atoms with Gasteiger partial charge in [-0.05, 0) is 71.3 Å². The number of ether oxygens (including phenoxy) is 1. The van der Waals surface area contributed by atoms with Crippen molar-refractivity contribution in [2.75, 3.05) is 0 Å². The lowest BCUT2D eigenvalue weighted by molar-refractivity contribution is 0.479. The highest BCUT2D eigenvalue weighted by atomic mass is 16.5. The topological polar surface area (TPSA) is 36.5 Å². The molecule has 9 aromatic rings. The number of para-hydroxylation sites is 3. The number of rotatable bonds is 2. The molecular weight excluding hydrogens is 577 g/mol. The first-order chi connectivity index (χ1) is 23.3. The van der Waals surface area contributed by atoms with Gasteiger partial charge in [-0.25, -0.2) is 0 Å². The predicted molar refractivity (Wildman–Crippen MR) is 191 cm³/mol. The minimum absolute atomic E-state index is 0.314. The molecule has 0 saturated carbocycles. The van der Waals surface area contributed by atoms with Crippen LogP contribution in [0.1, 0.15) is 0 Å². The van der Waals surface area contributed by atoms with Gasteiger partial charge >= 0.3 is 6.92 Å². The van der Waals surface area contributed by atoms with E-state index in [9.17, 15) is 0 Å². The molecular formula is C42H24BNO3. The Kier molecular flexibility index (Phi) is 4.89. The second kappa shape index (κ2) is 9.18. The molecule has 0 unspecified atom stereocenters. The third kappa shape index (κ3) is 3.43. The molecule has 11 rings (SSSR count). The van der Waals surface area contributed by atoms with Crippen LogP contribution < -0.4 is 20.3 Å². The first-order valence-electron chi connectivity index (χ1n) is 16.0. The lowest BCUT2D eigenvalue weighted by atomic mass is 9.51. The maximum absolute atomic E-state index is 7.04. The van der Waals surface area contributed by atoms with E-state index in [2.05, 4.69) is 126 Å². The number of fused-ring (bicyclic) bond motifs is 10. The Balaban J connectivity index is 1.09. The molecule has 0 amide bonds. The highest BCUT2D eigenvalue weighted by molar-refractivity contribution is 6.84. The van der Waals surface area contributed by atoms with Gasteiger partial charge in [-0.15, -0.1) is 0 Å². The van der Waals surface area contributed by atoms with Crippen molar-refractivity contribution in [3.8, 4) is 45.2 Å². The predicted octanol–water partition coefficient (Wildman–Crippen LogP) is 9.62. The summed E-state index contributed by atoms with van der Waals surface area (Å²) in [5.74, 6) is 2.52. The zero-order valence-corrected chi connectivity index (χ0v) is 25.1. The Hall–Kier alpha value is -6.20. The maximum atomic E-state index is 7.04. The summed E-state index contributed by atoms with van der Waals surface area (Å²) in [6, 6.07) is 51.1. The fraction of sp³-hybridized carbons (Fsp3) is 0. The molecule has 47 heavy (non-hydrogen) atoms. The molecule has 7 aromatic carbocycles. The SMILES string of the molecule is c1cc2c3c(c1)-c1ccc(-c4cccc5oc6ccccc6c45)cc1OB3c1cc(-n3c4ccccc4c4ccccc43)ccc1O2. The average molecular weight is 601 g/mol. The Labute approximate surface area is 270 Å². The minimum Gasteiger partial charge on any atom is -0.551 e. The van der Waals surface area contributed by atoms with Crippen LogP contribution >= 0.6 is 0 Å². The van der Waals surface area contributed by atoms with Crippen molar-refractivity contribution < 1.29 is 13.8 Å². The van der Waals surface area contributed by atoms with Crippen molar-refractivity contribution in [1.29, 1.82) is 0 Å². The van der Waals surface area contributed by atoms with Gasteiger partial charge in [-0.3, -0.25) is 0 Å².